The molecule has 1 aliphatic rings. The van der Waals surface area contributed by atoms with E-state index in [0.717, 1.165) is 49.4 Å². The van der Waals surface area contributed by atoms with Gasteiger partial charge in [-0.1, -0.05) is 19.1 Å². The van der Waals surface area contributed by atoms with Gasteiger partial charge < -0.3 is 19.6 Å². The molecule has 3 rings (SSSR count). The number of hydrogen-bond donors (Lipinski definition) is 2. The molecule has 2 aromatic carbocycles. The molecule has 0 aromatic heterocycles. The zero-order valence-electron chi connectivity index (χ0n) is 17.9. The van der Waals surface area contributed by atoms with Crippen LogP contribution in [0.2, 0.25) is 0 Å². The lowest BCUT2D eigenvalue weighted by Gasteiger charge is -2.27. The molecule has 33 heavy (non-hydrogen) atoms. The Labute approximate surface area is 190 Å². The highest BCUT2D eigenvalue weighted by Crippen LogP contribution is 2.30. The molecule has 0 saturated carbocycles. The highest BCUT2D eigenvalue weighted by atomic mass is 32.2. The van der Waals surface area contributed by atoms with Gasteiger partial charge in [-0.3, -0.25) is 4.79 Å². The molecule has 0 saturated heterocycles. The van der Waals surface area contributed by atoms with Crippen molar-refractivity contribution < 1.29 is 35.3 Å². The second kappa shape index (κ2) is 10.4. The Morgan fingerprint density at radius 2 is 1.88 bits per heavy atom. The van der Waals surface area contributed by atoms with Gasteiger partial charge in [-0.05, 0) is 67.3 Å². The highest BCUT2D eigenvalue weighted by Gasteiger charge is 2.48. The summed E-state index contributed by atoms with van der Waals surface area (Å²) in [5.41, 5.74) is -3.14. The van der Waals surface area contributed by atoms with Crippen LogP contribution in [0.4, 0.5) is 13.2 Å². The number of hydrogen-bond acceptors (Lipinski definition) is 6. The topological polar surface area (TPSA) is 93.7 Å². The van der Waals surface area contributed by atoms with Crippen LogP contribution in [0.3, 0.4) is 0 Å². The van der Waals surface area contributed by atoms with Crippen LogP contribution in [0.5, 0.6) is 11.5 Å². The minimum atomic E-state index is -5.77. The van der Waals surface area contributed by atoms with Crippen LogP contribution in [0.1, 0.15) is 34.8 Å². The maximum Gasteiger partial charge on any atom is 0.534 e. The molecule has 7 nitrogen and oxygen atoms in total. The summed E-state index contributed by atoms with van der Waals surface area (Å²) in [4.78, 5) is 12.6. The fraction of sp³-hybridized carbons (Fsp3) is 0.409. The van der Waals surface area contributed by atoms with Gasteiger partial charge in [0, 0.05) is 18.2 Å². The normalized spacial score (nSPS) is 16.1. The zero-order chi connectivity index (χ0) is 24.1. The SMILES string of the molecule is CCNCCOc1cccc2c1C[C@H](NC(=O)c1ccc(OS(=O)(=O)C(F)(F)F)cc1)CC2. The highest BCUT2D eigenvalue weighted by molar-refractivity contribution is 7.88. The largest absolute Gasteiger partial charge is 0.534 e. The Kier molecular flexibility index (Phi) is 7.85. The van der Waals surface area contributed by atoms with E-state index in [4.69, 9.17) is 4.74 Å². The number of rotatable bonds is 9. The summed E-state index contributed by atoms with van der Waals surface area (Å²) in [6.45, 7) is 4.13. The van der Waals surface area contributed by atoms with E-state index in [2.05, 4.69) is 14.8 Å². The number of aryl methyl sites for hydroxylation is 1. The Balaban J connectivity index is 1.62. The van der Waals surface area contributed by atoms with Crippen LogP contribution in [0.15, 0.2) is 42.5 Å². The molecule has 1 aliphatic carbocycles. The third kappa shape index (κ3) is 6.38. The van der Waals surface area contributed by atoms with Gasteiger partial charge >= 0.3 is 15.6 Å². The van der Waals surface area contributed by atoms with Crippen molar-refractivity contribution in [3.63, 3.8) is 0 Å². The van der Waals surface area contributed by atoms with E-state index >= 15 is 0 Å². The molecule has 1 amide bonds. The van der Waals surface area contributed by atoms with Gasteiger partial charge in [-0.25, -0.2) is 0 Å². The smallest absolute Gasteiger partial charge is 0.492 e. The van der Waals surface area contributed by atoms with Gasteiger partial charge in [0.15, 0.2) is 0 Å². The van der Waals surface area contributed by atoms with Gasteiger partial charge in [0.2, 0.25) is 0 Å². The predicted molar refractivity (Wildman–Crippen MR) is 116 cm³/mol. The second-order valence-corrected chi connectivity index (χ2v) is 9.05. The summed E-state index contributed by atoms with van der Waals surface area (Å²) < 4.78 is 69.4. The molecular weight excluding hydrogens is 461 g/mol. The van der Waals surface area contributed by atoms with E-state index in [1.165, 1.54) is 17.7 Å². The van der Waals surface area contributed by atoms with E-state index in [1.54, 1.807) is 0 Å². The molecule has 0 heterocycles. The predicted octanol–water partition coefficient (Wildman–Crippen LogP) is 3.19. The number of nitrogens with one attached hydrogen (secondary N) is 2. The van der Waals surface area contributed by atoms with Crippen molar-refractivity contribution in [3.8, 4) is 11.5 Å². The van der Waals surface area contributed by atoms with E-state index in [-0.39, 0.29) is 11.6 Å². The van der Waals surface area contributed by atoms with Gasteiger partial charge in [0.1, 0.15) is 18.1 Å². The van der Waals surface area contributed by atoms with E-state index in [1.807, 2.05) is 25.1 Å². The molecule has 180 valence electrons. The summed E-state index contributed by atoms with van der Waals surface area (Å²) in [5.74, 6) is -0.161. The molecule has 1 atom stereocenters. The molecule has 0 bridgehead atoms. The van der Waals surface area contributed by atoms with Crippen LogP contribution < -0.4 is 19.6 Å². The maximum atomic E-state index is 12.6. The summed E-state index contributed by atoms with van der Waals surface area (Å²) >= 11 is 0. The van der Waals surface area contributed by atoms with Crippen molar-refractivity contribution >= 4 is 16.0 Å². The van der Waals surface area contributed by atoms with Crippen molar-refractivity contribution in [1.82, 2.24) is 10.6 Å². The third-order valence-electron chi connectivity index (χ3n) is 5.17. The van der Waals surface area contributed by atoms with Gasteiger partial charge in [-0.15, -0.1) is 0 Å². The standard InChI is InChI=1S/C22H25F3N2O5S/c1-2-26-12-13-31-20-5-3-4-15-6-9-17(14-19(15)20)27-21(28)16-7-10-18(11-8-16)32-33(29,30)22(23,24)25/h3-5,7-8,10-11,17,26H,2,6,9,12-14H2,1H3,(H,27,28)/t17-/m1/s1. The maximum absolute atomic E-state index is 12.6. The van der Waals surface area contributed by atoms with Gasteiger partial charge in [0.05, 0.1) is 0 Å². The van der Waals surface area contributed by atoms with Crippen molar-refractivity contribution in [2.45, 2.75) is 37.7 Å². The van der Waals surface area contributed by atoms with E-state index in [9.17, 15) is 26.4 Å². The van der Waals surface area contributed by atoms with Crippen LogP contribution >= 0.6 is 0 Å². The molecule has 0 unspecified atom stereocenters. The summed E-state index contributed by atoms with van der Waals surface area (Å²) in [5, 5.41) is 6.12. The van der Waals surface area contributed by atoms with Crippen molar-refractivity contribution in [3.05, 3.63) is 59.2 Å². The molecule has 11 heteroatoms. The Bertz CT molecular complexity index is 1070. The number of halogens is 3. The van der Waals surface area contributed by atoms with E-state index in [0.29, 0.717) is 13.0 Å². The number of amides is 1. The molecule has 0 spiro atoms. The number of fused-ring (bicyclic) bond motifs is 1. The first-order valence-electron chi connectivity index (χ1n) is 10.5. The quantitative estimate of drug-likeness (QED) is 0.321. The van der Waals surface area contributed by atoms with Crippen LogP contribution in [-0.2, 0) is 23.0 Å². The Morgan fingerprint density at radius 3 is 2.55 bits per heavy atom. The van der Waals surface area contributed by atoms with Crippen molar-refractivity contribution in [2.75, 3.05) is 19.7 Å². The fourth-order valence-corrected chi connectivity index (χ4v) is 3.99. The number of carbonyl (C=O) groups excluding carboxylic acids is 1. The third-order valence-corrected chi connectivity index (χ3v) is 6.15. The molecule has 0 fully saturated rings. The number of alkyl halides is 3. The first-order valence-corrected chi connectivity index (χ1v) is 11.9. The minimum absolute atomic E-state index is 0.148. The first kappa shape index (κ1) is 24.8. The lowest BCUT2D eigenvalue weighted by Crippen LogP contribution is -2.39. The number of benzene rings is 2. The number of ether oxygens (including phenoxy) is 1. The second-order valence-electron chi connectivity index (χ2n) is 7.52. The van der Waals surface area contributed by atoms with E-state index < -0.39 is 27.3 Å². The Morgan fingerprint density at radius 1 is 1.15 bits per heavy atom. The molecule has 2 N–H and O–H groups in total. The Hall–Kier alpha value is -2.79. The molecule has 0 aliphatic heterocycles. The molecular formula is C22H25F3N2O5S. The summed E-state index contributed by atoms with van der Waals surface area (Å²) in [7, 11) is -5.77. The average molecular weight is 487 g/mol. The fourth-order valence-electron chi connectivity index (χ4n) is 3.53. The molecule has 2 aromatic rings. The van der Waals surface area contributed by atoms with Crippen molar-refractivity contribution in [1.29, 1.82) is 0 Å². The monoisotopic (exact) mass is 486 g/mol. The van der Waals surface area contributed by atoms with Crippen LogP contribution in [0, 0.1) is 0 Å². The van der Waals surface area contributed by atoms with Crippen molar-refractivity contribution in [2.24, 2.45) is 0 Å². The summed E-state index contributed by atoms with van der Waals surface area (Å²) in [6, 6.07) is 10.2. The zero-order valence-corrected chi connectivity index (χ0v) is 18.8. The molecule has 0 radical (unpaired) electrons. The number of likely N-dealkylation sites (N-methyl/N-ethyl adjacent to an activating group) is 1. The first-order chi connectivity index (χ1) is 15.6. The number of carbonyl (C=O) groups is 1. The van der Waals surface area contributed by atoms with Crippen LogP contribution in [-0.4, -0.2) is 45.6 Å². The minimum Gasteiger partial charge on any atom is -0.492 e. The van der Waals surface area contributed by atoms with Gasteiger partial charge in [0.25, 0.3) is 5.91 Å². The average Bonchev–Trinajstić information content (AvgIpc) is 2.76. The van der Waals surface area contributed by atoms with Gasteiger partial charge in [-0.2, -0.15) is 21.6 Å². The lowest BCUT2D eigenvalue weighted by molar-refractivity contribution is -0.0500. The lowest BCUT2D eigenvalue weighted by atomic mass is 9.87. The van der Waals surface area contributed by atoms with Crippen LogP contribution in [0.25, 0.3) is 0 Å². The summed E-state index contributed by atoms with van der Waals surface area (Å²) in [6.07, 6.45) is 2.08.